The van der Waals surface area contributed by atoms with E-state index < -0.39 is 16.1 Å². The normalized spacial score (nSPS) is 18.0. The Bertz CT molecular complexity index is 1320. The van der Waals surface area contributed by atoms with Crippen molar-refractivity contribution in [2.75, 3.05) is 0 Å². The molecule has 0 aromatic heterocycles. The molecule has 1 aliphatic carbocycles. The van der Waals surface area contributed by atoms with Crippen LogP contribution in [0.15, 0.2) is 101 Å². The monoisotopic (exact) mass is 435 g/mol. The molecule has 0 saturated carbocycles. The molecule has 6 heteroatoms. The molecule has 4 aromatic rings. The minimum absolute atomic E-state index is 0.171. The van der Waals surface area contributed by atoms with E-state index in [2.05, 4.69) is 4.72 Å². The van der Waals surface area contributed by atoms with Gasteiger partial charge >= 0.3 is 0 Å². The molecular formula is C24H18FNO2S2. The Morgan fingerprint density at radius 2 is 1.43 bits per heavy atom. The molecule has 30 heavy (non-hydrogen) atoms. The molecule has 0 heterocycles. The van der Waals surface area contributed by atoms with Gasteiger partial charge in [-0.2, -0.15) is 0 Å². The first kappa shape index (κ1) is 19.3. The van der Waals surface area contributed by atoms with Gasteiger partial charge in [0.1, 0.15) is 5.82 Å². The van der Waals surface area contributed by atoms with Crippen LogP contribution in [0.4, 0.5) is 4.39 Å². The van der Waals surface area contributed by atoms with Crippen LogP contribution in [0.5, 0.6) is 0 Å². The smallest absolute Gasteiger partial charge is 0.207 e. The SMILES string of the molecule is O=S(=O)(NC1c2cccc3cccc(c23)C1Sc1ccc(F)cc1)c1ccccc1. The molecule has 0 bridgehead atoms. The van der Waals surface area contributed by atoms with E-state index in [1.807, 2.05) is 36.4 Å². The predicted molar refractivity (Wildman–Crippen MR) is 118 cm³/mol. The number of hydrogen-bond donors (Lipinski definition) is 1. The molecule has 0 aliphatic heterocycles. The second-order valence-corrected chi connectivity index (χ2v) is 10.1. The Kier molecular flexibility index (Phi) is 4.85. The summed E-state index contributed by atoms with van der Waals surface area (Å²) < 4.78 is 42.6. The maximum absolute atomic E-state index is 13.4. The van der Waals surface area contributed by atoms with E-state index in [0.29, 0.717) is 0 Å². The molecular weight excluding hydrogens is 417 g/mol. The van der Waals surface area contributed by atoms with Gasteiger partial charge in [-0.05, 0) is 58.3 Å². The lowest BCUT2D eigenvalue weighted by molar-refractivity contribution is 0.557. The molecule has 3 nitrogen and oxygen atoms in total. The van der Waals surface area contributed by atoms with Gasteiger partial charge in [0.15, 0.2) is 0 Å². The number of sulfonamides is 1. The van der Waals surface area contributed by atoms with Crippen LogP contribution in [-0.4, -0.2) is 8.42 Å². The number of thioether (sulfide) groups is 1. The van der Waals surface area contributed by atoms with Crippen LogP contribution >= 0.6 is 11.8 Å². The number of hydrogen-bond acceptors (Lipinski definition) is 3. The van der Waals surface area contributed by atoms with Crippen LogP contribution in [0.3, 0.4) is 0 Å². The van der Waals surface area contributed by atoms with Gasteiger partial charge in [-0.1, -0.05) is 54.6 Å². The second kappa shape index (κ2) is 7.54. The average Bonchev–Trinajstić information content (AvgIpc) is 3.05. The Balaban J connectivity index is 1.60. The van der Waals surface area contributed by atoms with Crippen molar-refractivity contribution in [1.29, 1.82) is 0 Å². The standard InChI is InChI=1S/C24H18FNO2S2/c25-17-12-14-18(15-13-17)29-24-21-11-5-7-16-6-4-10-20(22(16)21)23(24)26-30(27,28)19-8-2-1-3-9-19/h1-15,23-24,26H. The number of rotatable bonds is 5. The Labute approximate surface area is 179 Å². The van der Waals surface area contributed by atoms with Crippen LogP contribution in [0.1, 0.15) is 22.4 Å². The highest BCUT2D eigenvalue weighted by Gasteiger charge is 2.37. The van der Waals surface area contributed by atoms with Gasteiger partial charge in [-0.25, -0.2) is 17.5 Å². The van der Waals surface area contributed by atoms with Gasteiger partial charge in [0.05, 0.1) is 16.2 Å². The van der Waals surface area contributed by atoms with Crippen LogP contribution in [-0.2, 0) is 10.0 Å². The molecule has 1 aliphatic rings. The predicted octanol–water partition coefficient (Wildman–Crippen LogP) is 5.85. The summed E-state index contributed by atoms with van der Waals surface area (Å²) in [5.41, 5.74) is 2.04. The molecule has 2 unspecified atom stereocenters. The van der Waals surface area contributed by atoms with Crippen molar-refractivity contribution in [2.24, 2.45) is 0 Å². The molecule has 0 spiro atoms. The van der Waals surface area contributed by atoms with Crippen LogP contribution < -0.4 is 4.72 Å². The highest BCUT2D eigenvalue weighted by atomic mass is 32.2. The van der Waals surface area contributed by atoms with Gasteiger partial charge < -0.3 is 0 Å². The molecule has 0 amide bonds. The van der Waals surface area contributed by atoms with E-state index in [4.69, 9.17) is 0 Å². The van der Waals surface area contributed by atoms with E-state index in [9.17, 15) is 12.8 Å². The van der Waals surface area contributed by atoms with Gasteiger partial charge in [0, 0.05) is 4.90 Å². The van der Waals surface area contributed by atoms with Crippen LogP contribution in [0.25, 0.3) is 10.8 Å². The largest absolute Gasteiger partial charge is 0.241 e. The zero-order valence-electron chi connectivity index (χ0n) is 15.8. The molecule has 0 radical (unpaired) electrons. The summed E-state index contributed by atoms with van der Waals surface area (Å²) in [6.07, 6.45) is 0. The van der Waals surface area contributed by atoms with Gasteiger partial charge in [0.25, 0.3) is 0 Å². The lowest BCUT2D eigenvalue weighted by Crippen LogP contribution is -2.29. The third-order valence-corrected chi connectivity index (χ3v) is 8.11. The topological polar surface area (TPSA) is 46.2 Å². The number of halogens is 1. The Morgan fingerprint density at radius 3 is 2.13 bits per heavy atom. The zero-order valence-corrected chi connectivity index (χ0v) is 17.5. The summed E-state index contributed by atoms with van der Waals surface area (Å²) in [5, 5.41) is 1.99. The second-order valence-electron chi connectivity index (χ2n) is 7.20. The van der Waals surface area contributed by atoms with Crippen molar-refractivity contribution in [2.45, 2.75) is 21.1 Å². The van der Waals surface area contributed by atoms with Crippen molar-refractivity contribution in [1.82, 2.24) is 4.72 Å². The fourth-order valence-corrected chi connectivity index (χ4v) is 6.59. The molecule has 5 rings (SSSR count). The van der Waals surface area contributed by atoms with Crippen LogP contribution in [0.2, 0.25) is 0 Å². The molecule has 0 fully saturated rings. The quantitative estimate of drug-likeness (QED) is 0.428. The average molecular weight is 436 g/mol. The van der Waals surface area contributed by atoms with Gasteiger partial charge in [-0.15, -0.1) is 11.8 Å². The number of nitrogens with one attached hydrogen (secondary N) is 1. The van der Waals surface area contributed by atoms with Crippen molar-refractivity contribution in [3.63, 3.8) is 0 Å². The van der Waals surface area contributed by atoms with Crippen molar-refractivity contribution in [3.8, 4) is 0 Å². The summed E-state index contributed by atoms with van der Waals surface area (Å²) in [4.78, 5) is 1.12. The first-order valence-corrected chi connectivity index (χ1v) is 11.9. The minimum atomic E-state index is -3.71. The maximum Gasteiger partial charge on any atom is 0.241 e. The first-order valence-electron chi connectivity index (χ1n) is 9.54. The van der Waals surface area contributed by atoms with E-state index in [0.717, 1.165) is 26.8 Å². The Hall–Kier alpha value is -2.67. The fraction of sp³-hybridized carbons (Fsp3) is 0.0833. The lowest BCUT2D eigenvalue weighted by Gasteiger charge is -2.23. The van der Waals surface area contributed by atoms with E-state index in [1.54, 1.807) is 42.5 Å². The first-order chi connectivity index (χ1) is 14.5. The molecule has 1 N–H and O–H groups in total. The van der Waals surface area contributed by atoms with E-state index >= 15 is 0 Å². The maximum atomic E-state index is 13.4. The van der Waals surface area contributed by atoms with Crippen molar-refractivity contribution < 1.29 is 12.8 Å². The number of benzene rings is 4. The van der Waals surface area contributed by atoms with Gasteiger partial charge in [-0.3, -0.25) is 0 Å². The summed E-state index contributed by atoms with van der Waals surface area (Å²) in [6.45, 7) is 0. The summed E-state index contributed by atoms with van der Waals surface area (Å²) in [5.74, 6) is -0.294. The van der Waals surface area contributed by atoms with Crippen molar-refractivity contribution in [3.05, 3.63) is 108 Å². The van der Waals surface area contributed by atoms with Crippen LogP contribution in [0, 0.1) is 5.82 Å². The lowest BCUT2D eigenvalue weighted by atomic mass is 10.1. The summed E-state index contributed by atoms with van der Waals surface area (Å²) in [7, 11) is -3.71. The third-order valence-electron chi connectivity index (χ3n) is 5.33. The van der Waals surface area contributed by atoms with E-state index in [1.165, 1.54) is 23.9 Å². The molecule has 0 saturated heterocycles. The highest BCUT2D eigenvalue weighted by Crippen LogP contribution is 2.53. The van der Waals surface area contributed by atoms with Gasteiger partial charge in [0.2, 0.25) is 10.0 Å². The fourth-order valence-electron chi connectivity index (χ4n) is 3.99. The van der Waals surface area contributed by atoms with Crippen molar-refractivity contribution >= 4 is 32.6 Å². The summed E-state index contributed by atoms with van der Waals surface area (Å²) in [6, 6.07) is 26.3. The molecule has 150 valence electrons. The van der Waals surface area contributed by atoms with E-state index in [-0.39, 0.29) is 16.0 Å². The highest BCUT2D eigenvalue weighted by molar-refractivity contribution is 7.99. The zero-order chi connectivity index (χ0) is 20.7. The third kappa shape index (κ3) is 3.41. The summed E-state index contributed by atoms with van der Waals surface area (Å²) >= 11 is 1.54. The molecule has 2 atom stereocenters. The Morgan fingerprint density at radius 1 is 0.767 bits per heavy atom. The minimum Gasteiger partial charge on any atom is -0.207 e. The molecule has 4 aromatic carbocycles.